The lowest BCUT2D eigenvalue weighted by Crippen LogP contribution is -2.27. The van der Waals surface area contributed by atoms with Crippen molar-refractivity contribution < 1.29 is 4.79 Å². The third-order valence-corrected chi connectivity index (χ3v) is 2.43. The standard InChI is InChI=1S/C10H14N2O/c1-3-12(2)10(13)9-6-4-5-8(9)7-11/h3-6H2,1-2H3. The van der Waals surface area contributed by atoms with Gasteiger partial charge in [-0.2, -0.15) is 5.26 Å². The van der Waals surface area contributed by atoms with Crippen LogP contribution in [-0.2, 0) is 4.79 Å². The van der Waals surface area contributed by atoms with Crippen LogP contribution in [0.2, 0.25) is 0 Å². The van der Waals surface area contributed by atoms with Crippen molar-refractivity contribution >= 4 is 5.91 Å². The van der Waals surface area contributed by atoms with Crippen LogP contribution in [0.25, 0.3) is 0 Å². The van der Waals surface area contributed by atoms with Gasteiger partial charge < -0.3 is 4.90 Å². The maximum absolute atomic E-state index is 11.7. The van der Waals surface area contributed by atoms with Gasteiger partial charge >= 0.3 is 0 Å². The van der Waals surface area contributed by atoms with Crippen LogP contribution in [-0.4, -0.2) is 24.4 Å². The minimum atomic E-state index is 0.0246. The first-order valence-corrected chi connectivity index (χ1v) is 4.58. The van der Waals surface area contributed by atoms with Crippen molar-refractivity contribution in [1.82, 2.24) is 4.90 Å². The van der Waals surface area contributed by atoms with E-state index in [2.05, 4.69) is 6.07 Å². The molecule has 0 aromatic carbocycles. The number of allylic oxidation sites excluding steroid dienone is 1. The van der Waals surface area contributed by atoms with Gasteiger partial charge in [-0.3, -0.25) is 4.79 Å². The van der Waals surface area contributed by atoms with Crippen LogP contribution >= 0.6 is 0 Å². The molecule has 0 spiro atoms. The quantitative estimate of drug-likeness (QED) is 0.642. The summed E-state index contributed by atoms with van der Waals surface area (Å²) in [6, 6.07) is 2.11. The van der Waals surface area contributed by atoms with Gasteiger partial charge in [0.15, 0.2) is 0 Å². The monoisotopic (exact) mass is 178 g/mol. The molecule has 0 fully saturated rings. The highest BCUT2D eigenvalue weighted by atomic mass is 16.2. The average molecular weight is 178 g/mol. The third kappa shape index (κ3) is 1.89. The first-order chi connectivity index (χ1) is 6.20. The minimum absolute atomic E-state index is 0.0246. The normalized spacial score (nSPS) is 15.8. The second-order valence-corrected chi connectivity index (χ2v) is 3.24. The fourth-order valence-electron chi connectivity index (χ4n) is 1.48. The largest absolute Gasteiger partial charge is 0.342 e. The predicted molar refractivity (Wildman–Crippen MR) is 49.8 cm³/mol. The van der Waals surface area contributed by atoms with Gasteiger partial charge in [0.1, 0.15) is 0 Å². The molecule has 0 radical (unpaired) electrons. The van der Waals surface area contributed by atoms with Gasteiger partial charge in [-0.25, -0.2) is 0 Å². The summed E-state index contributed by atoms with van der Waals surface area (Å²) in [7, 11) is 1.77. The molecule has 0 aromatic heterocycles. The molecule has 0 unspecified atom stereocenters. The van der Waals surface area contributed by atoms with Crippen molar-refractivity contribution in [2.24, 2.45) is 0 Å². The van der Waals surface area contributed by atoms with Crippen molar-refractivity contribution in [3.05, 3.63) is 11.1 Å². The lowest BCUT2D eigenvalue weighted by Gasteiger charge is -2.15. The number of nitrogens with zero attached hydrogens (tertiary/aromatic N) is 2. The van der Waals surface area contributed by atoms with E-state index < -0.39 is 0 Å². The molecule has 3 nitrogen and oxygen atoms in total. The van der Waals surface area contributed by atoms with Gasteiger partial charge in [0.25, 0.3) is 5.91 Å². The Morgan fingerprint density at radius 2 is 2.31 bits per heavy atom. The Bertz CT molecular complexity index is 286. The number of carbonyl (C=O) groups excluding carboxylic acids is 1. The molecular weight excluding hydrogens is 164 g/mol. The summed E-state index contributed by atoms with van der Waals surface area (Å²) in [5, 5.41) is 8.76. The van der Waals surface area contributed by atoms with Crippen molar-refractivity contribution in [3.8, 4) is 6.07 Å². The topological polar surface area (TPSA) is 44.1 Å². The summed E-state index contributed by atoms with van der Waals surface area (Å²) in [6.07, 6.45) is 2.49. The van der Waals surface area contributed by atoms with E-state index in [1.807, 2.05) is 6.92 Å². The molecule has 1 aliphatic carbocycles. The lowest BCUT2D eigenvalue weighted by atomic mass is 10.1. The third-order valence-electron chi connectivity index (χ3n) is 2.43. The van der Waals surface area contributed by atoms with Crippen LogP contribution in [0.15, 0.2) is 11.1 Å². The molecule has 0 bridgehead atoms. The maximum atomic E-state index is 11.7. The summed E-state index contributed by atoms with van der Waals surface area (Å²) in [4.78, 5) is 13.3. The van der Waals surface area contributed by atoms with Gasteiger partial charge in [-0.15, -0.1) is 0 Å². The van der Waals surface area contributed by atoms with Crippen LogP contribution in [0.4, 0.5) is 0 Å². The molecule has 0 heterocycles. The van der Waals surface area contributed by atoms with Crippen LogP contribution in [0, 0.1) is 11.3 Å². The Labute approximate surface area is 78.6 Å². The smallest absolute Gasteiger partial charge is 0.250 e. The van der Waals surface area contributed by atoms with Crippen molar-refractivity contribution in [2.75, 3.05) is 13.6 Å². The van der Waals surface area contributed by atoms with Crippen molar-refractivity contribution in [2.45, 2.75) is 26.2 Å². The van der Waals surface area contributed by atoms with Gasteiger partial charge in [0, 0.05) is 24.7 Å². The summed E-state index contributed by atoms with van der Waals surface area (Å²) in [6.45, 7) is 2.63. The molecule has 0 saturated heterocycles. The molecule has 1 amide bonds. The Kier molecular flexibility index (Phi) is 3.07. The number of rotatable bonds is 2. The fraction of sp³-hybridized carbons (Fsp3) is 0.600. The molecule has 70 valence electrons. The summed E-state index contributed by atoms with van der Waals surface area (Å²) >= 11 is 0. The summed E-state index contributed by atoms with van der Waals surface area (Å²) in [5.74, 6) is 0.0246. The van der Waals surface area contributed by atoms with Crippen LogP contribution in [0.3, 0.4) is 0 Å². The molecule has 0 saturated carbocycles. The van der Waals surface area contributed by atoms with Crippen LogP contribution in [0.5, 0.6) is 0 Å². The van der Waals surface area contributed by atoms with E-state index in [0.717, 1.165) is 24.8 Å². The zero-order chi connectivity index (χ0) is 9.84. The highest BCUT2D eigenvalue weighted by Gasteiger charge is 2.22. The van der Waals surface area contributed by atoms with Gasteiger partial charge in [0.05, 0.1) is 6.07 Å². The summed E-state index contributed by atoms with van der Waals surface area (Å²) < 4.78 is 0. The van der Waals surface area contributed by atoms with Gasteiger partial charge in [-0.1, -0.05) is 0 Å². The zero-order valence-electron chi connectivity index (χ0n) is 8.13. The number of amides is 1. The highest BCUT2D eigenvalue weighted by Crippen LogP contribution is 2.26. The van der Waals surface area contributed by atoms with E-state index >= 15 is 0 Å². The van der Waals surface area contributed by atoms with E-state index in [9.17, 15) is 4.79 Å². The molecule has 3 heteroatoms. The van der Waals surface area contributed by atoms with Crippen LogP contribution in [0.1, 0.15) is 26.2 Å². The molecular formula is C10H14N2O. The Morgan fingerprint density at radius 3 is 2.85 bits per heavy atom. The number of hydrogen-bond donors (Lipinski definition) is 0. The lowest BCUT2D eigenvalue weighted by molar-refractivity contribution is -0.125. The predicted octanol–water partition coefficient (Wildman–Crippen LogP) is 1.47. The van der Waals surface area contributed by atoms with Crippen LogP contribution < -0.4 is 0 Å². The first-order valence-electron chi connectivity index (χ1n) is 4.58. The van der Waals surface area contributed by atoms with E-state index in [0.29, 0.717) is 12.1 Å². The number of carbonyl (C=O) groups is 1. The number of nitriles is 1. The zero-order valence-corrected chi connectivity index (χ0v) is 8.13. The Hall–Kier alpha value is -1.30. The van der Waals surface area contributed by atoms with E-state index in [1.54, 1.807) is 11.9 Å². The molecule has 1 rings (SSSR count). The molecule has 1 aliphatic rings. The van der Waals surface area contributed by atoms with E-state index in [1.165, 1.54) is 0 Å². The van der Waals surface area contributed by atoms with E-state index in [-0.39, 0.29) is 5.91 Å². The van der Waals surface area contributed by atoms with Crippen molar-refractivity contribution in [3.63, 3.8) is 0 Å². The second kappa shape index (κ2) is 4.08. The number of likely N-dealkylation sites (N-methyl/N-ethyl adjacent to an activating group) is 1. The molecule has 0 N–H and O–H groups in total. The van der Waals surface area contributed by atoms with E-state index in [4.69, 9.17) is 5.26 Å². The van der Waals surface area contributed by atoms with Crippen molar-refractivity contribution in [1.29, 1.82) is 5.26 Å². The molecule has 0 atom stereocenters. The maximum Gasteiger partial charge on any atom is 0.250 e. The highest BCUT2D eigenvalue weighted by molar-refractivity contribution is 5.95. The second-order valence-electron chi connectivity index (χ2n) is 3.24. The Morgan fingerprint density at radius 1 is 1.62 bits per heavy atom. The summed E-state index contributed by atoms with van der Waals surface area (Å²) in [5.41, 5.74) is 1.41. The SMILES string of the molecule is CCN(C)C(=O)C1=C(C#N)CCC1. The molecule has 0 aromatic rings. The molecule has 13 heavy (non-hydrogen) atoms. The number of hydrogen-bond acceptors (Lipinski definition) is 2. The van der Waals surface area contributed by atoms with Gasteiger partial charge in [0.2, 0.25) is 0 Å². The fourth-order valence-corrected chi connectivity index (χ4v) is 1.48. The van der Waals surface area contributed by atoms with Gasteiger partial charge in [-0.05, 0) is 26.2 Å². The Balaban J connectivity index is 2.83. The first kappa shape index (κ1) is 9.79. The average Bonchev–Trinajstić information content (AvgIpc) is 2.62. The molecule has 0 aliphatic heterocycles. The minimum Gasteiger partial charge on any atom is -0.342 e.